The van der Waals surface area contributed by atoms with Crippen LogP contribution in [0.15, 0.2) is 33.7 Å². The number of aromatic nitrogens is 2. The van der Waals surface area contributed by atoms with Gasteiger partial charge < -0.3 is 14.0 Å². The highest BCUT2D eigenvalue weighted by atomic mass is 32.2. The highest BCUT2D eigenvalue weighted by Crippen LogP contribution is 2.23. The molecule has 1 heterocycles. The lowest BCUT2D eigenvalue weighted by Crippen LogP contribution is -2.09. The Balaban J connectivity index is 2.17. The van der Waals surface area contributed by atoms with Gasteiger partial charge in [-0.1, -0.05) is 5.16 Å². The molecule has 0 radical (unpaired) electrons. The number of nitrogens with zero attached hydrogens (tertiary/aromatic N) is 2. The Bertz CT molecular complexity index is 521. The summed E-state index contributed by atoms with van der Waals surface area (Å²) >= 11 is 1.69. The maximum absolute atomic E-state index is 5.43. The van der Waals surface area contributed by atoms with Crippen molar-refractivity contribution in [3.8, 4) is 11.4 Å². The summed E-state index contributed by atoms with van der Waals surface area (Å²) in [4.78, 5) is 5.53. The van der Waals surface area contributed by atoms with Crippen molar-refractivity contribution in [2.75, 3.05) is 19.5 Å². The summed E-state index contributed by atoms with van der Waals surface area (Å²) < 4.78 is 16.1. The van der Waals surface area contributed by atoms with Crippen LogP contribution in [0.25, 0.3) is 11.4 Å². The minimum Gasteiger partial charge on any atom is -0.345 e. The Morgan fingerprint density at radius 2 is 1.80 bits per heavy atom. The van der Waals surface area contributed by atoms with E-state index in [0.717, 1.165) is 5.56 Å². The van der Waals surface area contributed by atoms with Crippen LogP contribution in [0.1, 0.15) is 26.0 Å². The molecule has 5 nitrogen and oxygen atoms in total. The van der Waals surface area contributed by atoms with E-state index in [0.29, 0.717) is 24.9 Å². The van der Waals surface area contributed by atoms with Gasteiger partial charge in [-0.3, -0.25) is 0 Å². The minimum atomic E-state index is -0.600. The molecule has 2 aromatic rings. The van der Waals surface area contributed by atoms with Crippen molar-refractivity contribution < 1.29 is 14.0 Å². The van der Waals surface area contributed by atoms with Crippen LogP contribution in [0, 0.1) is 0 Å². The van der Waals surface area contributed by atoms with E-state index in [4.69, 9.17) is 14.0 Å². The van der Waals surface area contributed by atoms with Crippen molar-refractivity contribution in [2.24, 2.45) is 0 Å². The second-order valence-electron chi connectivity index (χ2n) is 3.93. The molecule has 0 spiro atoms. The van der Waals surface area contributed by atoms with Crippen molar-refractivity contribution in [1.82, 2.24) is 10.1 Å². The van der Waals surface area contributed by atoms with Crippen LogP contribution in [0.5, 0.6) is 0 Å². The number of thioether (sulfide) groups is 1. The van der Waals surface area contributed by atoms with Crippen LogP contribution in [0.2, 0.25) is 0 Å². The predicted octanol–water partition coefficient (Wildman–Crippen LogP) is 3.53. The Morgan fingerprint density at radius 1 is 1.15 bits per heavy atom. The number of benzene rings is 1. The van der Waals surface area contributed by atoms with Gasteiger partial charge >= 0.3 is 0 Å². The Hall–Kier alpha value is -1.37. The molecule has 6 heteroatoms. The SMILES string of the molecule is CCOC(OCC)c1nc(-c2ccc(SC)cc2)no1. The van der Waals surface area contributed by atoms with Crippen molar-refractivity contribution in [2.45, 2.75) is 25.0 Å². The van der Waals surface area contributed by atoms with E-state index < -0.39 is 6.29 Å². The van der Waals surface area contributed by atoms with Gasteiger partial charge in [-0.25, -0.2) is 0 Å². The molecule has 0 atom stereocenters. The third-order valence-corrected chi connectivity index (χ3v) is 3.37. The molecule has 0 fully saturated rings. The van der Waals surface area contributed by atoms with E-state index >= 15 is 0 Å². The molecule has 0 aliphatic carbocycles. The molecule has 1 aromatic carbocycles. The van der Waals surface area contributed by atoms with Crippen LogP contribution in [0.4, 0.5) is 0 Å². The number of rotatable bonds is 7. The Labute approximate surface area is 122 Å². The molecule has 2 rings (SSSR count). The maximum atomic E-state index is 5.43. The molecule has 1 aromatic heterocycles. The summed E-state index contributed by atoms with van der Waals surface area (Å²) in [5, 5.41) is 3.97. The highest BCUT2D eigenvalue weighted by Gasteiger charge is 2.20. The second-order valence-corrected chi connectivity index (χ2v) is 4.81. The largest absolute Gasteiger partial charge is 0.345 e. The fourth-order valence-electron chi connectivity index (χ4n) is 1.68. The first-order chi connectivity index (χ1) is 9.78. The van der Waals surface area contributed by atoms with E-state index in [9.17, 15) is 0 Å². The molecular formula is C14H18N2O3S. The van der Waals surface area contributed by atoms with Crippen molar-refractivity contribution in [3.63, 3.8) is 0 Å². The molecule has 0 aliphatic heterocycles. The van der Waals surface area contributed by atoms with Gasteiger partial charge in [-0.05, 0) is 44.4 Å². The van der Waals surface area contributed by atoms with E-state index in [2.05, 4.69) is 10.1 Å². The Morgan fingerprint density at radius 3 is 2.35 bits per heavy atom. The van der Waals surface area contributed by atoms with Gasteiger partial charge in [-0.15, -0.1) is 11.8 Å². The zero-order valence-electron chi connectivity index (χ0n) is 11.8. The Kier molecular flexibility index (Phi) is 5.58. The molecule has 0 unspecified atom stereocenters. The van der Waals surface area contributed by atoms with E-state index in [-0.39, 0.29) is 0 Å². The molecule has 0 saturated heterocycles. The fourth-order valence-corrected chi connectivity index (χ4v) is 2.09. The van der Waals surface area contributed by atoms with Gasteiger partial charge in [-0.2, -0.15) is 4.98 Å². The van der Waals surface area contributed by atoms with Crippen LogP contribution in [0.3, 0.4) is 0 Å². The maximum Gasteiger partial charge on any atom is 0.283 e. The molecule has 0 saturated carbocycles. The van der Waals surface area contributed by atoms with Crippen molar-refractivity contribution in [1.29, 1.82) is 0 Å². The summed E-state index contributed by atoms with van der Waals surface area (Å²) in [6.07, 6.45) is 1.44. The first-order valence-electron chi connectivity index (χ1n) is 6.49. The summed E-state index contributed by atoms with van der Waals surface area (Å²) in [5.74, 6) is 0.884. The third kappa shape index (κ3) is 3.59. The zero-order chi connectivity index (χ0) is 14.4. The van der Waals surface area contributed by atoms with Gasteiger partial charge in [0.05, 0.1) is 0 Å². The van der Waals surface area contributed by atoms with Gasteiger partial charge in [0.1, 0.15) is 0 Å². The van der Waals surface area contributed by atoms with E-state index in [1.165, 1.54) is 4.90 Å². The lowest BCUT2D eigenvalue weighted by Gasteiger charge is -2.11. The molecule has 0 N–H and O–H groups in total. The first-order valence-corrected chi connectivity index (χ1v) is 7.72. The normalized spacial score (nSPS) is 11.2. The van der Waals surface area contributed by atoms with Gasteiger partial charge in [0, 0.05) is 23.7 Å². The smallest absolute Gasteiger partial charge is 0.283 e. The standard InChI is InChI=1S/C14H18N2O3S/c1-4-17-14(18-5-2)13-15-12(16-19-13)10-6-8-11(20-3)9-7-10/h6-9,14H,4-5H2,1-3H3. The zero-order valence-corrected chi connectivity index (χ0v) is 12.6. The summed E-state index contributed by atoms with van der Waals surface area (Å²) in [5.41, 5.74) is 0.907. The van der Waals surface area contributed by atoms with Crippen LogP contribution >= 0.6 is 11.8 Å². The third-order valence-electron chi connectivity index (χ3n) is 2.63. The monoisotopic (exact) mass is 294 g/mol. The van der Waals surface area contributed by atoms with Crippen LogP contribution < -0.4 is 0 Å². The topological polar surface area (TPSA) is 57.4 Å². The van der Waals surface area contributed by atoms with E-state index in [1.54, 1.807) is 11.8 Å². The number of hydrogen-bond acceptors (Lipinski definition) is 6. The van der Waals surface area contributed by atoms with Crippen LogP contribution in [-0.2, 0) is 9.47 Å². The summed E-state index contributed by atoms with van der Waals surface area (Å²) in [6.45, 7) is 4.82. The average molecular weight is 294 g/mol. The first kappa shape index (κ1) is 15.0. The van der Waals surface area contributed by atoms with Crippen molar-refractivity contribution in [3.05, 3.63) is 30.2 Å². The lowest BCUT2D eigenvalue weighted by molar-refractivity contribution is -0.155. The van der Waals surface area contributed by atoms with E-state index in [1.807, 2.05) is 44.4 Å². The van der Waals surface area contributed by atoms with Gasteiger partial charge in [0.15, 0.2) is 0 Å². The summed E-state index contributed by atoms with van der Waals surface area (Å²) in [6, 6.07) is 7.99. The van der Waals surface area contributed by atoms with Crippen LogP contribution in [-0.4, -0.2) is 29.6 Å². The average Bonchev–Trinajstić information content (AvgIpc) is 2.97. The number of ether oxygens (including phenoxy) is 2. The van der Waals surface area contributed by atoms with Crippen molar-refractivity contribution >= 4 is 11.8 Å². The molecule has 108 valence electrons. The van der Waals surface area contributed by atoms with Gasteiger partial charge in [0.25, 0.3) is 5.89 Å². The minimum absolute atomic E-state index is 0.345. The van der Waals surface area contributed by atoms with Gasteiger partial charge in [0.2, 0.25) is 12.1 Å². The highest BCUT2D eigenvalue weighted by molar-refractivity contribution is 7.98. The molecule has 0 aliphatic rings. The summed E-state index contributed by atoms with van der Waals surface area (Å²) in [7, 11) is 0. The molecule has 20 heavy (non-hydrogen) atoms. The molecule has 0 amide bonds. The molecule has 0 bridgehead atoms. The lowest BCUT2D eigenvalue weighted by atomic mass is 10.2. The quantitative estimate of drug-likeness (QED) is 0.575. The predicted molar refractivity (Wildman–Crippen MR) is 77.5 cm³/mol. The molecular weight excluding hydrogens is 276 g/mol. The second kappa shape index (κ2) is 7.42. The number of hydrogen-bond donors (Lipinski definition) is 0. The fraction of sp³-hybridized carbons (Fsp3) is 0.429.